The van der Waals surface area contributed by atoms with Crippen molar-refractivity contribution in [3.63, 3.8) is 0 Å². The second-order valence-electron chi connectivity index (χ2n) is 6.33. The third-order valence-electron chi connectivity index (χ3n) is 4.34. The van der Waals surface area contributed by atoms with Gasteiger partial charge in [0.2, 0.25) is 15.9 Å². The maximum Gasteiger partial charge on any atom is 0.264 e. The maximum atomic E-state index is 12.6. The highest BCUT2D eigenvalue weighted by Crippen LogP contribution is 2.19. The largest absolute Gasteiger partial charge is 0.497 e. The van der Waals surface area contributed by atoms with Crippen LogP contribution in [0.2, 0.25) is 0 Å². The van der Waals surface area contributed by atoms with Crippen LogP contribution in [-0.4, -0.2) is 59.7 Å². The number of amides is 2. The van der Waals surface area contributed by atoms with E-state index in [0.717, 1.165) is 4.31 Å². The Balaban J connectivity index is 1.77. The molecule has 0 spiro atoms. The number of methoxy groups -OCH3 is 1. The van der Waals surface area contributed by atoms with Gasteiger partial charge in [0, 0.05) is 24.7 Å². The van der Waals surface area contributed by atoms with E-state index in [1.807, 2.05) is 4.72 Å². The van der Waals surface area contributed by atoms with Gasteiger partial charge in [-0.05, 0) is 36.4 Å². The van der Waals surface area contributed by atoms with Crippen LogP contribution in [0, 0.1) is 0 Å². The zero-order valence-electron chi connectivity index (χ0n) is 15.9. The third kappa shape index (κ3) is 4.61. The Labute approximate surface area is 173 Å². The number of piperazine rings is 1. The van der Waals surface area contributed by atoms with Crippen molar-refractivity contribution in [2.45, 2.75) is 9.79 Å². The monoisotopic (exact) mass is 453 g/mol. The summed E-state index contributed by atoms with van der Waals surface area (Å²) in [6.07, 6.45) is 0. The van der Waals surface area contributed by atoms with Gasteiger partial charge in [-0.2, -0.15) is 4.31 Å². The summed E-state index contributed by atoms with van der Waals surface area (Å²) in [4.78, 5) is 23.5. The zero-order chi connectivity index (χ0) is 21.9. The molecular weight excluding hydrogens is 434 g/mol. The number of carbonyl (C=O) groups excluding carboxylic acids is 2. The molecule has 0 aliphatic carbocycles. The van der Waals surface area contributed by atoms with Gasteiger partial charge in [-0.25, -0.2) is 21.6 Å². The van der Waals surface area contributed by atoms with Gasteiger partial charge in [-0.1, -0.05) is 6.07 Å². The molecule has 1 aliphatic rings. The van der Waals surface area contributed by atoms with Crippen LogP contribution in [0.15, 0.2) is 58.3 Å². The molecule has 1 aliphatic heterocycles. The van der Waals surface area contributed by atoms with Gasteiger partial charge in [0.05, 0.1) is 23.4 Å². The summed E-state index contributed by atoms with van der Waals surface area (Å²) < 4.78 is 58.0. The van der Waals surface area contributed by atoms with Crippen molar-refractivity contribution in [1.29, 1.82) is 0 Å². The number of hydrogen-bond acceptors (Lipinski definition) is 7. The van der Waals surface area contributed by atoms with Crippen LogP contribution < -0.4 is 14.8 Å². The molecule has 1 saturated heterocycles. The molecule has 3 rings (SSSR count). The lowest BCUT2D eigenvalue weighted by atomic mass is 10.2. The number of nitrogens with one attached hydrogen (secondary N) is 2. The first-order valence-corrected chi connectivity index (χ1v) is 11.6. The minimum atomic E-state index is -4.15. The first-order valence-electron chi connectivity index (χ1n) is 8.71. The summed E-state index contributed by atoms with van der Waals surface area (Å²) >= 11 is 0. The lowest BCUT2D eigenvalue weighted by molar-refractivity contribution is -0.122. The molecular formula is C18H19N3O7S2. The van der Waals surface area contributed by atoms with Crippen molar-refractivity contribution in [1.82, 2.24) is 14.3 Å². The Morgan fingerprint density at radius 2 is 1.77 bits per heavy atom. The zero-order valence-corrected chi connectivity index (χ0v) is 17.5. The van der Waals surface area contributed by atoms with E-state index in [4.69, 9.17) is 4.74 Å². The molecule has 12 heteroatoms. The van der Waals surface area contributed by atoms with Crippen molar-refractivity contribution in [2.75, 3.05) is 26.7 Å². The summed E-state index contributed by atoms with van der Waals surface area (Å²) in [6.45, 7) is 0.0547. The minimum absolute atomic E-state index is 0.0446. The van der Waals surface area contributed by atoms with Crippen molar-refractivity contribution < 1.29 is 31.2 Å². The predicted molar refractivity (Wildman–Crippen MR) is 106 cm³/mol. The Bertz CT molecular complexity index is 1180. The molecule has 30 heavy (non-hydrogen) atoms. The number of benzene rings is 2. The van der Waals surface area contributed by atoms with Gasteiger partial charge in [-0.15, -0.1) is 0 Å². The molecule has 2 aromatic rings. The summed E-state index contributed by atoms with van der Waals surface area (Å²) in [6, 6.07) is 10.4. The van der Waals surface area contributed by atoms with Gasteiger partial charge < -0.3 is 10.1 Å². The van der Waals surface area contributed by atoms with Gasteiger partial charge in [-0.3, -0.25) is 9.59 Å². The number of carbonyl (C=O) groups is 2. The Morgan fingerprint density at radius 3 is 2.40 bits per heavy atom. The number of hydrogen-bond donors (Lipinski definition) is 2. The number of ether oxygens (including phenoxy) is 1. The van der Waals surface area contributed by atoms with Crippen molar-refractivity contribution in [3.05, 3.63) is 54.1 Å². The van der Waals surface area contributed by atoms with Crippen LogP contribution in [0.1, 0.15) is 10.4 Å². The maximum absolute atomic E-state index is 12.6. The fourth-order valence-corrected chi connectivity index (χ4v) is 5.16. The van der Waals surface area contributed by atoms with Gasteiger partial charge in [0.1, 0.15) is 5.75 Å². The molecule has 2 N–H and O–H groups in total. The first-order chi connectivity index (χ1) is 14.1. The molecule has 0 unspecified atom stereocenters. The highest BCUT2D eigenvalue weighted by atomic mass is 32.2. The topological polar surface area (TPSA) is 139 Å². The predicted octanol–water partition coefficient (Wildman–Crippen LogP) is -0.0656. The Hall–Kier alpha value is -2.96. The van der Waals surface area contributed by atoms with Crippen LogP contribution in [0.3, 0.4) is 0 Å². The van der Waals surface area contributed by atoms with E-state index in [9.17, 15) is 26.4 Å². The Morgan fingerprint density at radius 1 is 1.07 bits per heavy atom. The second kappa shape index (κ2) is 8.42. The van der Waals surface area contributed by atoms with Crippen molar-refractivity contribution in [3.8, 4) is 5.75 Å². The second-order valence-corrected chi connectivity index (χ2v) is 9.95. The fraction of sp³-hybridized carbons (Fsp3) is 0.222. The van der Waals surface area contributed by atoms with E-state index < -0.39 is 31.9 Å². The van der Waals surface area contributed by atoms with E-state index in [0.29, 0.717) is 5.75 Å². The van der Waals surface area contributed by atoms with Crippen LogP contribution in [-0.2, 0) is 24.8 Å². The van der Waals surface area contributed by atoms with E-state index in [2.05, 4.69) is 5.32 Å². The smallest absolute Gasteiger partial charge is 0.264 e. The van der Waals surface area contributed by atoms with E-state index >= 15 is 0 Å². The summed E-state index contributed by atoms with van der Waals surface area (Å²) in [5.41, 5.74) is -0.0446. The molecule has 2 amide bonds. The molecule has 1 fully saturated rings. The summed E-state index contributed by atoms with van der Waals surface area (Å²) in [7, 11) is -6.68. The molecule has 0 bridgehead atoms. The number of nitrogens with zero attached hydrogens (tertiary/aromatic N) is 1. The minimum Gasteiger partial charge on any atom is -0.497 e. The van der Waals surface area contributed by atoms with Gasteiger partial charge in [0.15, 0.2) is 0 Å². The van der Waals surface area contributed by atoms with Crippen molar-refractivity contribution in [2.24, 2.45) is 0 Å². The highest BCUT2D eigenvalue weighted by molar-refractivity contribution is 7.90. The quantitative estimate of drug-likeness (QED) is 0.624. The first kappa shape index (κ1) is 21.7. The van der Waals surface area contributed by atoms with E-state index in [1.54, 1.807) is 6.07 Å². The number of rotatable bonds is 6. The Kier molecular flexibility index (Phi) is 6.10. The molecule has 0 atom stereocenters. The highest BCUT2D eigenvalue weighted by Gasteiger charge is 2.29. The molecule has 160 valence electrons. The normalized spacial score (nSPS) is 15.3. The average Bonchev–Trinajstić information content (AvgIpc) is 2.73. The van der Waals surface area contributed by atoms with E-state index in [1.165, 1.54) is 49.6 Å². The summed E-state index contributed by atoms with van der Waals surface area (Å²) in [5, 5.41) is 2.54. The summed E-state index contributed by atoms with van der Waals surface area (Å²) in [5.74, 6) is -1.01. The standard InChI is InChI=1S/C18H19N3O7S2/c1-28-14-3-2-4-16(11-14)29(24,25)20-18(23)13-5-7-15(8-6-13)30(26,27)21-10-9-19-17(22)12-21/h2-8,11H,9-10,12H2,1H3,(H,19,22)(H,20,23). The van der Waals surface area contributed by atoms with Gasteiger partial charge >= 0.3 is 0 Å². The van der Waals surface area contributed by atoms with Crippen LogP contribution in [0.25, 0.3) is 0 Å². The molecule has 10 nitrogen and oxygen atoms in total. The van der Waals surface area contributed by atoms with Crippen LogP contribution in [0.4, 0.5) is 0 Å². The average molecular weight is 453 g/mol. The van der Waals surface area contributed by atoms with E-state index in [-0.39, 0.29) is 35.0 Å². The molecule has 2 aromatic carbocycles. The third-order valence-corrected chi connectivity index (χ3v) is 7.52. The van der Waals surface area contributed by atoms with Gasteiger partial charge in [0.25, 0.3) is 15.9 Å². The molecule has 0 aromatic heterocycles. The SMILES string of the molecule is COc1cccc(S(=O)(=O)NC(=O)c2ccc(S(=O)(=O)N3CCNC(=O)C3)cc2)c1. The molecule has 0 saturated carbocycles. The van der Waals surface area contributed by atoms with Crippen LogP contribution >= 0.6 is 0 Å². The molecule has 0 radical (unpaired) electrons. The molecule has 1 heterocycles. The van der Waals surface area contributed by atoms with Crippen LogP contribution in [0.5, 0.6) is 5.75 Å². The van der Waals surface area contributed by atoms with Crippen molar-refractivity contribution >= 4 is 31.9 Å². The lowest BCUT2D eigenvalue weighted by Gasteiger charge is -2.25. The number of sulfonamides is 2. The lowest BCUT2D eigenvalue weighted by Crippen LogP contribution is -2.49. The fourth-order valence-electron chi connectivity index (χ4n) is 2.76.